The Kier molecular flexibility index (Phi) is 0.705. The molecule has 0 aliphatic rings. The van der Waals surface area contributed by atoms with Crippen molar-refractivity contribution in [1.29, 1.82) is 0 Å². The fourth-order valence-corrected chi connectivity index (χ4v) is 1.25. The third kappa shape index (κ3) is 1.10. The lowest BCUT2D eigenvalue weighted by Crippen LogP contribution is -1.80. The molecule has 0 aliphatic heterocycles. The highest BCUT2D eigenvalue weighted by molar-refractivity contribution is 5.86. The van der Waals surface area contributed by atoms with E-state index < -0.39 is 0 Å². The quantitative estimate of drug-likeness (QED) is 0.556. The largest absolute Gasteiger partial charge is 0.0632 e. The molecule has 12 heavy (non-hydrogen) atoms. The molecule has 0 atom stereocenters. The Bertz CT molecular complexity index is 562. The molecule has 0 unspecified atom stereocenters. The summed E-state index contributed by atoms with van der Waals surface area (Å²) in [4.78, 5) is 0. The second-order valence-corrected chi connectivity index (χ2v) is 2.75. The first-order valence-corrected chi connectivity index (χ1v) is 3.75. The molecule has 0 bridgehead atoms. The van der Waals surface area contributed by atoms with E-state index in [1.165, 1.54) is 0 Å². The first kappa shape index (κ1) is 3.21. The maximum Gasteiger partial charge on any atom is 0.0632 e. The van der Waals surface area contributed by atoms with Crippen LogP contribution in [0.1, 0.15) is 19.4 Å². The zero-order valence-electron chi connectivity index (χ0n) is 13.0. The molecule has 0 radical (unpaired) electrons. The average molecular weight is 162 g/mol. The first-order chi connectivity index (χ1) is 8.29. The lowest BCUT2D eigenvalue weighted by molar-refractivity contribution is 1.43. The maximum atomic E-state index is 7.96. The second kappa shape index (κ2) is 2.63. The number of hydrogen-bond donors (Lipinski definition) is 0. The highest BCUT2D eigenvalue weighted by atomic mass is 14.0. The van der Waals surface area contributed by atoms with Crippen LogP contribution in [0.2, 0.25) is 0 Å². The zero-order chi connectivity index (χ0) is 13.8. The summed E-state index contributed by atoms with van der Waals surface area (Å²) in [6.45, 7) is 3.27. The number of rotatable bonds is 0. The van der Waals surface area contributed by atoms with E-state index in [0.29, 0.717) is 11.1 Å². The summed E-state index contributed by atoms with van der Waals surface area (Å²) in [5, 5.41) is 0.480. The Morgan fingerprint density at radius 1 is 1.08 bits per heavy atom. The van der Waals surface area contributed by atoms with E-state index >= 15 is 0 Å². The molecule has 0 aromatic heterocycles. The summed E-state index contributed by atoms with van der Waals surface area (Å²) >= 11 is 0. The van der Waals surface area contributed by atoms with Gasteiger partial charge < -0.3 is 0 Å². The van der Waals surface area contributed by atoms with Crippen LogP contribution in [0.15, 0.2) is 36.3 Å². The fourth-order valence-electron chi connectivity index (χ4n) is 1.25. The van der Waals surface area contributed by atoms with Gasteiger partial charge in [0.1, 0.15) is 0 Å². The molecule has 0 fully saturated rings. The van der Waals surface area contributed by atoms with E-state index in [1.807, 2.05) is 0 Å². The van der Waals surface area contributed by atoms with Crippen LogP contribution in [0.4, 0.5) is 0 Å². The van der Waals surface area contributed by atoms with Gasteiger partial charge in [0.15, 0.2) is 0 Å². The monoisotopic (exact) mass is 162 g/mol. The van der Waals surface area contributed by atoms with Crippen LogP contribution in [0.5, 0.6) is 0 Å². The van der Waals surface area contributed by atoms with E-state index in [9.17, 15) is 0 Å². The Labute approximate surface area is 81.3 Å². The highest BCUT2D eigenvalue weighted by Crippen LogP contribution is 2.19. The third-order valence-electron chi connectivity index (χ3n) is 1.75. The lowest BCUT2D eigenvalue weighted by atomic mass is 10.0. The molecule has 0 saturated heterocycles. The molecule has 2 rings (SSSR count). The van der Waals surface area contributed by atoms with Gasteiger partial charge in [0.2, 0.25) is 0 Å². The van der Waals surface area contributed by atoms with Crippen molar-refractivity contribution in [3.8, 4) is 0 Å². The average Bonchev–Trinajstić information content (AvgIpc) is 2.35. The standard InChI is InChI=1S/C12H12/c1-9-7-10(2)12-6-4-3-5-11(12)8-9/h3-8H,1-2H3/i3D,4D,5D,6D,7D,8D. The number of hydrogen-bond acceptors (Lipinski definition) is 0. The van der Waals surface area contributed by atoms with Crippen molar-refractivity contribution in [2.45, 2.75) is 13.8 Å². The third-order valence-corrected chi connectivity index (χ3v) is 1.75. The van der Waals surface area contributed by atoms with Crippen molar-refractivity contribution >= 4 is 10.8 Å². The van der Waals surface area contributed by atoms with Crippen molar-refractivity contribution in [1.82, 2.24) is 0 Å². The van der Waals surface area contributed by atoms with Crippen LogP contribution in [0.3, 0.4) is 0 Å². The van der Waals surface area contributed by atoms with Gasteiger partial charge in [0.05, 0.1) is 8.22 Å². The number of aryl methyl sites for hydroxylation is 1. The van der Waals surface area contributed by atoms with E-state index in [4.69, 9.17) is 8.22 Å². The van der Waals surface area contributed by atoms with E-state index in [0.717, 1.165) is 0 Å². The molecule has 60 valence electrons. The highest BCUT2D eigenvalue weighted by Gasteiger charge is 1.95. The SMILES string of the molecule is [2H]c1c([2H])c([2H])c2c(C)c([2H])c(C)c([2H])c2c1[2H]. The van der Waals surface area contributed by atoms with Gasteiger partial charge in [-0.3, -0.25) is 0 Å². The first-order valence-electron chi connectivity index (χ1n) is 6.75. The van der Waals surface area contributed by atoms with Gasteiger partial charge in [0, 0.05) is 0 Å². The molecule has 0 N–H and O–H groups in total. The normalized spacial score (nSPS) is 17.5. The fraction of sp³-hybridized carbons (Fsp3) is 0.167. The van der Waals surface area contributed by atoms with Crippen molar-refractivity contribution in [3.63, 3.8) is 0 Å². The smallest absolute Gasteiger partial charge is 0.0616 e. The molecule has 0 nitrogen and oxygen atoms in total. The Morgan fingerprint density at radius 2 is 1.83 bits per heavy atom. The maximum absolute atomic E-state index is 7.96. The van der Waals surface area contributed by atoms with Gasteiger partial charge in [-0.05, 0) is 30.2 Å². The molecule has 2 aromatic rings. The summed E-state index contributed by atoms with van der Waals surface area (Å²) in [6.07, 6.45) is 0. The van der Waals surface area contributed by atoms with E-state index in [-0.39, 0.29) is 47.0 Å². The van der Waals surface area contributed by atoms with Crippen molar-refractivity contribution in [3.05, 3.63) is 47.4 Å². The number of benzene rings is 2. The van der Waals surface area contributed by atoms with Gasteiger partial charge in [0.25, 0.3) is 0 Å². The number of fused-ring (bicyclic) bond motifs is 1. The van der Waals surface area contributed by atoms with E-state index in [2.05, 4.69) is 0 Å². The molecule has 0 heterocycles. The van der Waals surface area contributed by atoms with Gasteiger partial charge in [-0.15, -0.1) is 0 Å². The minimum Gasteiger partial charge on any atom is -0.0616 e. The van der Waals surface area contributed by atoms with Crippen molar-refractivity contribution in [2.75, 3.05) is 0 Å². The van der Waals surface area contributed by atoms with Crippen LogP contribution in [-0.4, -0.2) is 0 Å². The minimum atomic E-state index is -0.336. The predicted molar refractivity (Wildman–Crippen MR) is 53.4 cm³/mol. The minimum absolute atomic E-state index is 0.00704. The van der Waals surface area contributed by atoms with Gasteiger partial charge in [-0.1, -0.05) is 41.8 Å². The molecule has 0 amide bonds. The molecule has 0 heteroatoms. The van der Waals surface area contributed by atoms with E-state index in [1.54, 1.807) is 13.8 Å². The van der Waals surface area contributed by atoms with Crippen LogP contribution < -0.4 is 0 Å². The molecular formula is C12H12. The topological polar surface area (TPSA) is 0 Å². The Morgan fingerprint density at radius 3 is 2.67 bits per heavy atom. The predicted octanol–water partition coefficient (Wildman–Crippen LogP) is 3.46. The van der Waals surface area contributed by atoms with Crippen LogP contribution >= 0.6 is 0 Å². The van der Waals surface area contributed by atoms with Crippen LogP contribution in [-0.2, 0) is 0 Å². The summed E-state index contributed by atoms with van der Waals surface area (Å²) in [6, 6.07) is -0.867. The van der Waals surface area contributed by atoms with Gasteiger partial charge >= 0.3 is 0 Å². The lowest BCUT2D eigenvalue weighted by Gasteiger charge is -2.02. The van der Waals surface area contributed by atoms with Gasteiger partial charge in [-0.2, -0.15) is 0 Å². The summed E-state index contributed by atoms with van der Waals surface area (Å²) in [5.74, 6) is 0. The van der Waals surface area contributed by atoms with Gasteiger partial charge in [-0.25, -0.2) is 0 Å². The summed E-state index contributed by atoms with van der Waals surface area (Å²) in [5.41, 5.74) is 0.926. The summed E-state index contributed by atoms with van der Waals surface area (Å²) < 4.78 is 46.9. The molecule has 0 spiro atoms. The molecular weight excluding hydrogens is 144 g/mol. The van der Waals surface area contributed by atoms with Crippen LogP contribution in [0, 0.1) is 13.8 Å². The molecule has 0 saturated carbocycles. The zero-order valence-corrected chi connectivity index (χ0v) is 7.00. The Hall–Kier alpha value is -1.30. The van der Waals surface area contributed by atoms with Crippen molar-refractivity contribution in [2.24, 2.45) is 0 Å². The Balaban J connectivity index is 3.22. The summed E-state index contributed by atoms with van der Waals surface area (Å²) in [7, 11) is 0. The molecule has 2 aromatic carbocycles. The second-order valence-electron chi connectivity index (χ2n) is 2.75. The van der Waals surface area contributed by atoms with Crippen LogP contribution in [0.25, 0.3) is 10.8 Å². The van der Waals surface area contributed by atoms with Crippen molar-refractivity contribution < 1.29 is 8.22 Å². The molecule has 0 aliphatic carbocycles.